The van der Waals surface area contributed by atoms with Gasteiger partial charge in [0.25, 0.3) is 0 Å². The molecule has 0 unspecified atom stereocenters. The van der Waals surface area contributed by atoms with Gasteiger partial charge in [-0.05, 0) is 30.2 Å². The summed E-state index contributed by atoms with van der Waals surface area (Å²) >= 11 is 0. The number of nitrogens with zero attached hydrogens (tertiary/aromatic N) is 2. The predicted molar refractivity (Wildman–Crippen MR) is 90.2 cm³/mol. The molecule has 4 nitrogen and oxygen atoms in total. The Labute approximate surface area is 132 Å². The summed E-state index contributed by atoms with van der Waals surface area (Å²) in [6.45, 7) is 7.12. The highest BCUT2D eigenvalue weighted by Gasteiger charge is 2.17. The van der Waals surface area contributed by atoms with Crippen molar-refractivity contribution in [1.29, 1.82) is 0 Å². The quantitative estimate of drug-likeness (QED) is 0.737. The van der Waals surface area contributed by atoms with E-state index in [2.05, 4.69) is 30.2 Å². The topological polar surface area (TPSA) is 42.3 Å². The van der Waals surface area contributed by atoms with E-state index in [0.717, 1.165) is 12.2 Å². The Balaban J connectivity index is 2.22. The summed E-state index contributed by atoms with van der Waals surface area (Å²) in [6.07, 6.45) is 4.82. The summed E-state index contributed by atoms with van der Waals surface area (Å²) in [5, 5.41) is 0. The van der Waals surface area contributed by atoms with Crippen LogP contribution in [0.5, 0.6) is 0 Å². The molecule has 22 heavy (non-hydrogen) atoms. The van der Waals surface area contributed by atoms with Crippen molar-refractivity contribution >= 4 is 10.0 Å². The maximum Gasteiger partial charge on any atom is 0.211 e. The fourth-order valence-electron chi connectivity index (χ4n) is 2.36. The van der Waals surface area contributed by atoms with E-state index >= 15 is 0 Å². The van der Waals surface area contributed by atoms with Crippen LogP contribution in [-0.4, -0.2) is 30.1 Å². The zero-order valence-corrected chi connectivity index (χ0v) is 13.9. The fourth-order valence-corrected chi connectivity index (χ4v) is 3.10. The molecule has 0 atom stereocenters. The Morgan fingerprint density at radius 2 is 1.95 bits per heavy atom. The van der Waals surface area contributed by atoms with Gasteiger partial charge in [0.05, 0.1) is 12.8 Å². The first-order valence-electron chi connectivity index (χ1n) is 7.16. The fraction of sp³-hybridized carbons (Fsp3) is 0.294. The molecular weight excluding hydrogens is 296 g/mol. The molecule has 0 N–H and O–H groups in total. The molecule has 1 aromatic carbocycles. The SMILES string of the molecule is C=CCN(Cc1cccn1Cc1ccccc1C)S(C)(=O)=O. The Kier molecular flexibility index (Phi) is 5.21. The van der Waals surface area contributed by atoms with E-state index in [9.17, 15) is 8.42 Å². The van der Waals surface area contributed by atoms with Crippen LogP contribution in [0.4, 0.5) is 0 Å². The van der Waals surface area contributed by atoms with Gasteiger partial charge in [-0.25, -0.2) is 8.42 Å². The van der Waals surface area contributed by atoms with Crippen LogP contribution in [0.3, 0.4) is 0 Å². The molecule has 0 amide bonds. The lowest BCUT2D eigenvalue weighted by Crippen LogP contribution is -2.30. The second-order valence-electron chi connectivity index (χ2n) is 5.40. The van der Waals surface area contributed by atoms with Crippen LogP contribution in [0.2, 0.25) is 0 Å². The molecule has 0 saturated carbocycles. The van der Waals surface area contributed by atoms with Crippen LogP contribution in [0.1, 0.15) is 16.8 Å². The average Bonchev–Trinajstić information content (AvgIpc) is 2.87. The molecule has 0 aliphatic heterocycles. The third-order valence-electron chi connectivity index (χ3n) is 3.67. The third kappa shape index (κ3) is 4.08. The Morgan fingerprint density at radius 1 is 1.23 bits per heavy atom. The van der Waals surface area contributed by atoms with E-state index in [0.29, 0.717) is 13.1 Å². The number of aromatic nitrogens is 1. The van der Waals surface area contributed by atoms with Crippen LogP contribution >= 0.6 is 0 Å². The lowest BCUT2D eigenvalue weighted by atomic mass is 10.1. The lowest BCUT2D eigenvalue weighted by Gasteiger charge is -2.19. The number of hydrogen-bond donors (Lipinski definition) is 0. The van der Waals surface area contributed by atoms with Gasteiger partial charge >= 0.3 is 0 Å². The number of rotatable bonds is 7. The molecule has 0 aliphatic rings. The molecule has 0 aliphatic carbocycles. The first-order chi connectivity index (χ1) is 10.4. The van der Waals surface area contributed by atoms with Crippen molar-refractivity contribution in [1.82, 2.24) is 8.87 Å². The average molecular weight is 318 g/mol. The molecule has 0 saturated heterocycles. The number of sulfonamides is 1. The molecule has 1 aromatic heterocycles. The van der Waals surface area contributed by atoms with Crippen molar-refractivity contribution < 1.29 is 8.42 Å². The minimum Gasteiger partial charge on any atom is -0.346 e. The van der Waals surface area contributed by atoms with E-state index in [1.54, 1.807) is 6.08 Å². The monoisotopic (exact) mass is 318 g/mol. The molecule has 0 bridgehead atoms. The highest BCUT2D eigenvalue weighted by Crippen LogP contribution is 2.14. The number of benzene rings is 1. The molecule has 2 rings (SSSR count). The first kappa shape index (κ1) is 16.5. The van der Waals surface area contributed by atoms with Gasteiger partial charge in [-0.1, -0.05) is 30.3 Å². The van der Waals surface area contributed by atoms with Crippen molar-refractivity contribution in [2.75, 3.05) is 12.8 Å². The van der Waals surface area contributed by atoms with Crippen LogP contribution in [0.25, 0.3) is 0 Å². The lowest BCUT2D eigenvalue weighted by molar-refractivity contribution is 0.431. The largest absolute Gasteiger partial charge is 0.346 e. The van der Waals surface area contributed by atoms with Gasteiger partial charge in [0.15, 0.2) is 0 Å². The van der Waals surface area contributed by atoms with Crippen molar-refractivity contribution in [3.8, 4) is 0 Å². The number of aryl methyl sites for hydroxylation is 1. The summed E-state index contributed by atoms with van der Waals surface area (Å²) in [6, 6.07) is 12.1. The van der Waals surface area contributed by atoms with Gasteiger partial charge in [-0.3, -0.25) is 0 Å². The Bertz CT molecular complexity index is 748. The van der Waals surface area contributed by atoms with Gasteiger partial charge in [-0.15, -0.1) is 6.58 Å². The van der Waals surface area contributed by atoms with Gasteiger partial charge in [0, 0.05) is 25.0 Å². The van der Waals surface area contributed by atoms with Gasteiger partial charge in [0.1, 0.15) is 0 Å². The van der Waals surface area contributed by atoms with E-state index in [-0.39, 0.29) is 0 Å². The molecule has 1 heterocycles. The molecule has 0 fully saturated rings. The van der Waals surface area contributed by atoms with Crippen molar-refractivity contribution in [3.63, 3.8) is 0 Å². The normalized spacial score (nSPS) is 11.8. The highest BCUT2D eigenvalue weighted by molar-refractivity contribution is 7.88. The standard InChI is InChI=1S/C17H22N2O2S/c1-4-11-19(22(3,20)21)14-17-10-7-12-18(17)13-16-9-6-5-8-15(16)2/h4-10,12H,1,11,13-14H2,2-3H3. The summed E-state index contributed by atoms with van der Waals surface area (Å²) in [5.74, 6) is 0. The molecular formula is C17H22N2O2S. The van der Waals surface area contributed by atoms with Crippen molar-refractivity contribution in [2.45, 2.75) is 20.0 Å². The number of hydrogen-bond acceptors (Lipinski definition) is 2. The third-order valence-corrected chi connectivity index (χ3v) is 4.88. The summed E-state index contributed by atoms with van der Waals surface area (Å²) in [5.41, 5.74) is 3.43. The van der Waals surface area contributed by atoms with Gasteiger partial charge in [-0.2, -0.15) is 4.31 Å². The van der Waals surface area contributed by atoms with Crippen molar-refractivity contribution in [3.05, 3.63) is 72.1 Å². The minimum atomic E-state index is -3.25. The maximum atomic E-state index is 11.8. The molecule has 5 heteroatoms. The minimum absolute atomic E-state index is 0.314. The summed E-state index contributed by atoms with van der Waals surface area (Å²) < 4.78 is 27.2. The second-order valence-corrected chi connectivity index (χ2v) is 7.38. The van der Waals surface area contributed by atoms with Crippen molar-refractivity contribution in [2.24, 2.45) is 0 Å². The van der Waals surface area contributed by atoms with Crippen LogP contribution in [0, 0.1) is 6.92 Å². The molecule has 118 valence electrons. The van der Waals surface area contributed by atoms with E-state index in [1.807, 2.05) is 30.5 Å². The van der Waals surface area contributed by atoms with Crippen LogP contribution < -0.4 is 0 Å². The Morgan fingerprint density at radius 3 is 2.59 bits per heavy atom. The maximum absolute atomic E-state index is 11.8. The van der Waals surface area contributed by atoms with Gasteiger partial charge < -0.3 is 4.57 Å². The van der Waals surface area contributed by atoms with E-state index in [4.69, 9.17) is 0 Å². The predicted octanol–water partition coefficient (Wildman–Crippen LogP) is 2.79. The van der Waals surface area contributed by atoms with Crippen LogP contribution in [0.15, 0.2) is 55.3 Å². The molecule has 2 aromatic rings. The first-order valence-corrected chi connectivity index (χ1v) is 9.01. The van der Waals surface area contributed by atoms with E-state index in [1.165, 1.54) is 21.7 Å². The smallest absolute Gasteiger partial charge is 0.211 e. The molecule has 0 radical (unpaired) electrons. The van der Waals surface area contributed by atoms with Gasteiger partial charge in [0.2, 0.25) is 10.0 Å². The van der Waals surface area contributed by atoms with Crippen LogP contribution in [-0.2, 0) is 23.1 Å². The zero-order valence-electron chi connectivity index (χ0n) is 13.1. The second kappa shape index (κ2) is 6.94. The summed E-state index contributed by atoms with van der Waals surface area (Å²) in [7, 11) is -3.25. The van der Waals surface area contributed by atoms with E-state index < -0.39 is 10.0 Å². The zero-order chi connectivity index (χ0) is 16.2. The highest BCUT2D eigenvalue weighted by atomic mass is 32.2. The Hall–Kier alpha value is -1.85. The summed E-state index contributed by atoms with van der Waals surface area (Å²) in [4.78, 5) is 0. The molecule has 0 spiro atoms.